The number of benzene rings is 1. The zero-order chi connectivity index (χ0) is 13.4. The lowest BCUT2D eigenvalue weighted by Gasteiger charge is -2.06. The van der Waals surface area contributed by atoms with Crippen molar-refractivity contribution in [1.82, 2.24) is 0 Å². The van der Waals surface area contributed by atoms with Crippen molar-refractivity contribution >= 4 is 5.57 Å². The molecule has 0 spiro atoms. The maximum Gasteiger partial charge on any atom is 0.0968 e. The molecule has 0 saturated heterocycles. The first-order valence-electron chi connectivity index (χ1n) is 5.91. The molecule has 1 unspecified atom stereocenters. The Bertz CT molecular complexity index is 487. The number of nitriles is 1. The smallest absolute Gasteiger partial charge is 0.0968 e. The Balaban J connectivity index is 2.88. The van der Waals surface area contributed by atoms with E-state index in [2.05, 4.69) is 6.58 Å². The molecule has 0 fully saturated rings. The quantitative estimate of drug-likeness (QED) is 0.801. The van der Waals surface area contributed by atoms with Gasteiger partial charge >= 0.3 is 0 Å². The minimum absolute atomic E-state index is 0.437. The Morgan fingerprint density at radius 2 is 2.11 bits per heavy atom. The molecule has 1 aromatic rings. The summed E-state index contributed by atoms with van der Waals surface area (Å²) in [4.78, 5) is 0. The van der Waals surface area contributed by atoms with Crippen LogP contribution in [-0.2, 0) is 6.42 Å². The third-order valence-electron chi connectivity index (χ3n) is 2.60. The van der Waals surface area contributed by atoms with Gasteiger partial charge in [-0.3, -0.25) is 0 Å². The lowest BCUT2D eigenvalue weighted by Crippen LogP contribution is -2.19. The highest BCUT2D eigenvalue weighted by Gasteiger charge is 2.02. The SMILES string of the molecule is C=C/C(=C\C=C/C)c1ccc(CC(N)C#N)cc1. The number of allylic oxidation sites excluding steroid dienone is 5. The van der Waals surface area contributed by atoms with Gasteiger partial charge in [-0.25, -0.2) is 0 Å². The van der Waals surface area contributed by atoms with Crippen LogP contribution in [0.2, 0.25) is 0 Å². The van der Waals surface area contributed by atoms with Gasteiger partial charge in [0, 0.05) is 6.42 Å². The molecule has 0 aliphatic rings. The molecule has 2 nitrogen and oxygen atoms in total. The van der Waals surface area contributed by atoms with E-state index < -0.39 is 6.04 Å². The molecule has 0 amide bonds. The lowest BCUT2D eigenvalue weighted by atomic mass is 10.0. The molecule has 1 rings (SSSR count). The van der Waals surface area contributed by atoms with Gasteiger partial charge in [0.15, 0.2) is 0 Å². The van der Waals surface area contributed by atoms with Gasteiger partial charge in [-0.1, -0.05) is 55.1 Å². The molecule has 2 heteroatoms. The van der Waals surface area contributed by atoms with Gasteiger partial charge in [0.05, 0.1) is 12.1 Å². The number of hydrogen-bond acceptors (Lipinski definition) is 2. The van der Waals surface area contributed by atoms with Crippen molar-refractivity contribution in [3.8, 4) is 6.07 Å². The van der Waals surface area contributed by atoms with Crippen LogP contribution in [-0.4, -0.2) is 6.04 Å². The van der Waals surface area contributed by atoms with Crippen molar-refractivity contribution in [2.45, 2.75) is 19.4 Å². The fraction of sp³-hybridized carbons (Fsp3) is 0.188. The maximum absolute atomic E-state index is 8.67. The third kappa shape index (κ3) is 4.04. The zero-order valence-electron chi connectivity index (χ0n) is 10.6. The van der Waals surface area contributed by atoms with Crippen molar-refractivity contribution in [3.05, 3.63) is 66.3 Å². The summed E-state index contributed by atoms with van der Waals surface area (Å²) in [5.74, 6) is 0. The second-order valence-electron chi connectivity index (χ2n) is 3.99. The van der Waals surface area contributed by atoms with Crippen molar-refractivity contribution in [3.63, 3.8) is 0 Å². The Labute approximate surface area is 109 Å². The van der Waals surface area contributed by atoms with Crippen LogP contribution in [0.15, 0.2) is 55.1 Å². The fourth-order valence-electron chi connectivity index (χ4n) is 1.61. The molecule has 0 bridgehead atoms. The molecule has 1 atom stereocenters. The van der Waals surface area contributed by atoms with E-state index in [9.17, 15) is 0 Å². The first-order valence-corrected chi connectivity index (χ1v) is 5.91. The maximum atomic E-state index is 8.67. The molecular weight excluding hydrogens is 220 g/mol. The minimum atomic E-state index is -0.437. The lowest BCUT2D eigenvalue weighted by molar-refractivity contribution is 0.823. The number of rotatable bonds is 5. The van der Waals surface area contributed by atoms with Crippen LogP contribution in [0, 0.1) is 11.3 Å². The second kappa shape index (κ2) is 7.26. The fourth-order valence-corrected chi connectivity index (χ4v) is 1.61. The molecule has 0 heterocycles. The molecule has 18 heavy (non-hydrogen) atoms. The molecule has 0 aromatic heterocycles. The zero-order valence-corrected chi connectivity index (χ0v) is 10.6. The summed E-state index contributed by atoms with van der Waals surface area (Å²) in [5.41, 5.74) is 8.85. The summed E-state index contributed by atoms with van der Waals surface area (Å²) >= 11 is 0. The van der Waals surface area contributed by atoms with E-state index in [0.717, 1.165) is 16.7 Å². The van der Waals surface area contributed by atoms with Gasteiger partial charge in [0.1, 0.15) is 0 Å². The first-order chi connectivity index (χ1) is 8.71. The normalized spacial score (nSPS) is 13.3. The monoisotopic (exact) mass is 238 g/mol. The van der Waals surface area contributed by atoms with E-state index in [-0.39, 0.29) is 0 Å². The summed E-state index contributed by atoms with van der Waals surface area (Å²) < 4.78 is 0. The van der Waals surface area contributed by atoms with Crippen molar-refractivity contribution in [2.75, 3.05) is 0 Å². The van der Waals surface area contributed by atoms with E-state index in [0.29, 0.717) is 6.42 Å². The van der Waals surface area contributed by atoms with Crippen LogP contribution >= 0.6 is 0 Å². The summed E-state index contributed by atoms with van der Waals surface area (Å²) in [6.07, 6.45) is 8.39. The highest BCUT2D eigenvalue weighted by molar-refractivity contribution is 5.74. The van der Waals surface area contributed by atoms with Gasteiger partial charge in [-0.15, -0.1) is 0 Å². The van der Waals surface area contributed by atoms with E-state index in [1.165, 1.54) is 0 Å². The Kier molecular flexibility index (Phi) is 5.63. The van der Waals surface area contributed by atoms with E-state index in [1.807, 2.05) is 61.6 Å². The van der Waals surface area contributed by atoms with E-state index in [4.69, 9.17) is 11.0 Å². The second-order valence-corrected chi connectivity index (χ2v) is 3.99. The number of nitrogens with two attached hydrogens (primary N) is 1. The van der Waals surface area contributed by atoms with Crippen LogP contribution in [0.4, 0.5) is 0 Å². The van der Waals surface area contributed by atoms with Crippen LogP contribution in [0.1, 0.15) is 18.1 Å². The Hall–Kier alpha value is -2.11. The van der Waals surface area contributed by atoms with Crippen LogP contribution in [0.5, 0.6) is 0 Å². The standard InChI is InChI=1S/C16H18N2/c1-3-5-6-14(4-2)15-9-7-13(8-10-15)11-16(18)12-17/h3-10,16H,2,11,18H2,1H3/b5-3-,14-6+. The minimum Gasteiger partial charge on any atom is -0.316 e. The van der Waals surface area contributed by atoms with E-state index in [1.54, 1.807) is 0 Å². The highest BCUT2D eigenvalue weighted by atomic mass is 14.6. The predicted octanol–water partition coefficient (Wildman–Crippen LogP) is 3.23. The number of nitrogens with zero attached hydrogens (tertiary/aromatic N) is 1. The molecule has 0 saturated carbocycles. The number of hydrogen-bond donors (Lipinski definition) is 1. The Morgan fingerprint density at radius 1 is 1.44 bits per heavy atom. The van der Waals surface area contributed by atoms with Crippen LogP contribution < -0.4 is 5.73 Å². The average Bonchev–Trinajstić information content (AvgIpc) is 2.41. The summed E-state index contributed by atoms with van der Waals surface area (Å²) in [6.45, 7) is 5.78. The first kappa shape index (κ1) is 14.0. The molecule has 0 radical (unpaired) electrons. The molecular formula is C16H18N2. The van der Waals surface area contributed by atoms with Crippen LogP contribution in [0.25, 0.3) is 5.57 Å². The summed E-state index contributed by atoms with van der Waals surface area (Å²) in [7, 11) is 0. The van der Waals surface area contributed by atoms with Gasteiger partial charge in [0.2, 0.25) is 0 Å². The third-order valence-corrected chi connectivity index (χ3v) is 2.60. The van der Waals surface area contributed by atoms with Gasteiger partial charge in [-0.05, 0) is 23.6 Å². The van der Waals surface area contributed by atoms with Gasteiger partial charge in [-0.2, -0.15) is 5.26 Å². The summed E-state index contributed by atoms with van der Waals surface area (Å²) in [5, 5.41) is 8.67. The van der Waals surface area contributed by atoms with Crippen molar-refractivity contribution in [2.24, 2.45) is 5.73 Å². The van der Waals surface area contributed by atoms with Crippen molar-refractivity contribution < 1.29 is 0 Å². The molecule has 1 aromatic carbocycles. The molecule has 0 aliphatic carbocycles. The molecule has 92 valence electrons. The largest absolute Gasteiger partial charge is 0.316 e. The topological polar surface area (TPSA) is 49.8 Å². The van der Waals surface area contributed by atoms with E-state index >= 15 is 0 Å². The Morgan fingerprint density at radius 3 is 2.61 bits per heavy atom. The molecule has 2 N–H and O–H groups in total. The van der Waals surface area contributed by atoms with Crippen molar-refractivity contribution in [1.29, 1.82) is 5.26 Å². The van der Waals surface area contributed by atoms with Crippen LogP contribution in [0.3, 0.4) is 0 Å². The molecule has 0 aliphatic heterocycles. The van der Waals surface area contributed by atoms with Gasteiger partial charge < -0.3 is 5.73 Å². The predicted molar refractivity (Wildman–Crippen MR) is 76.7 cm³/mol. The average molecular weight is 238 g/mol. The van der Waals surface area contributed by atoms with Gasteiger partial charge in [0.25, 0.3) is 0 Å². The summed E-state index contributed by atoms with van der Waals surface area (Å²) in [6, 6.07) is 9.64. The highest BCUT2D eigenvalue weighted by Crippen LogP contribution is 2.17.